The topological polar surface area (TPSA) is 100 Å². The number of amides is 2. The van der Waals surface area contributed by atoms with E-state index >= 15 is 0 Å². The highest BCUT2D eigenvalue weighted by atomic mass is 32.1. The lowest BCUT2D eigenvalue weighted by molar-refractivity contribution is 0.252. The molecule has 3 aromatic heterocycles. The third-order valence-electron chi connectivity index (χ3n) is 3.82. The summed E-state index contributed by atoms with van der Waals surface area (Å²) in [7, 11) is 0. The Labute approximate surface area is 155 Å². The minimum atomic E-state index is -0.275. The van der Waals surface area contributed by atoms with Crippen molar-refractivity contribution < 1.29 is 9.90 Å². The zero-order valence-electron chi connectivity index (χ0n) is 14.5. The van der Waals surface area contributed by atoms with E-state index in [9.17, 15) is 9.90 Å². The molecule has 3 heterocycles. The van der Waals surface area contributed by atoms with Gasteiger partial charge in [-0.2, -0.15) is 0 Å². The van der Waals surface area contributed by atoms with Crippen LogP contribution in [-0.2, 0) is 6.61 Å². The van der Waals surface area contributed by atoms with Gasteiger partial charge in [-0.3, -0.25) is 10.3 Å². The van der Waals surface area contributed by atoms with E-state index in [1.165, 1.54) is 11.3 Å². The molecule has 3 N–H and O–H groups in total. The quantitative estimate of drug-likeness (QED) is 0.552. The number of nitrogens with zero attached hydrogens (tertiary/aromatic N) is 3. The number of rotatable bonds is 7. The molecule has 3 rings (SSSR count). The van der Waals surface area contributed by atoms with E-state index in [2.05, 4.69) is 32.5 Å². The summed E-state index contributed by atoms with van der Waals surface area (Å²) in [6, 6.07) is 5.09. The van der Waals surface area contributed by atoms with E-state index in [1.54, 1.807) is 18.3 Å². The summed E-state index contributed by atoms with van der Waals surface area (Å²) in [4.78, 5) is 26.1. The first kappa shape index (κ1) is 18.2. The number of carbonyl (C=O) groups excluding carboxylic acids is 1. The van der Waals surface area contributed by atoms with E-state index in [1.807, 2.05) is 11.4 Å². The number of nitrogens with one attached hydrogen (secondary N) is 2. The van der Waals surface area contributed by atoms with Gasteiger partial charge in [-0.25, -0.2) is 14.8 Å². The van der Waals surface area contributed by atoms with Crippen LogP contribution in [0.25, 0.3) is 22.4 Å². The molecule has 8 heteroatoms. The third kappa shape index (κ3) is 4.53. The van der Waals surface area contributed by atoms with Crippen molar-refractivity contribution in [2.75, 3.05) is 11.9 Å². The number of aliphatic hydroxyl groups is 1. The van der Waals surface area contributed by atoms with Crippen molar-refractivity contribution in [3.8, 4) is 11.3 Å². The highest BCUT2D eigenvalue weighted by Crippen LogP contribution is 2.25. The minimum Gasteiger partial charge on any atom is -0.391 e. The fraction of sp³-hybridized carbons (Fsp3) is 0.333. The molecule has 0 fully saturated rings. The van der Waals surface area contributed by atoms with Crippen molar-refractivity contribution in [1.82, 2.24) is 20.3 Å². The Balaban J connectivity index is 1.73. The fourth-order valence-corrected chi connectivity index (χ4v) is 3.18. The lowest BCUT2D eigenvalue weighted by Crippen LogP contribution is -2.29. The Morgan fingerprint density at radius 1 is 1.27 bits per heavy atom. The summed E-state index contributed by atoms with van der Waals surface area (Å²) in [6.45, 7) is 2.77. The molecule has 136 valence electrons. The van der Waals surface area contributed by atoms with Gasteiger partial charge in [0.15, 0.2) is 5.65 Å². The van der Waals surface area contributed by atoms with E-state index in [0.717, 1.165) is 29.7 Å². The van der Waals surface area contributed by atoms with Crippen molar-refractivity contribution >= 4 is 34.3 Å². The number of hydrogen-bond acceptors (Lipinski definition) is 6. The number of aliphatic hydroxyl groups excluding tert-OH is 1. The summed E-state index contributed by atoms with van der Waals surface area (Å²) in [5, 5.41) is 16.7. The highest BCUT2D eigenvalue weighted by Gasteiger charge is 2.08. The van der Waals surface area contributed by atoms with Gasteiger partial charge in [0.2, 0.25) is 0 Å². The molecule has 0 radical (unpaired) electrons. The minimum absolute atomic E-state index is 0.00532. The SMILES string of the molecule is CCCCCNC(=O)Nc1ccc2ncc(-c3csc(CO)c3)nc2n1. The van der Waals surface area contributed by atoms with Crippen LogP contribution in [0.1, 0.15) is 31.1 Å². The molecule has 0 aliphatic heterocycles. The third-order valence-corrected chi connectivity index (χ3v) is 4.74. The Morgan fingerprint density at radius 3 is 2.92 bits per heavy atom. The van der Waals surface area contributed by atoms with Gasteiger partial charge in [0.1, 0.15) is 11.3 Å². The average Bonchev–Trinajstić information content (AvgIpc) is 3.14. The van der Waals surface area contributed by atoms with Crippen LogP contribution in [0, 0.1) is 0 Å². The van der Waals surface area contributed by atoms with Crippen LogP contribution < -0.4 is 10.6 Å². The van der Waals surface area contributed by atoms with Crippen molar-refractivity contribution in [2.45, 2.75) is 32.8 Å². The lowest BCUT2D eigenvalue weighted by atomic mass is 10.2. The first-order chi connectivity index (χ1) is 12.7. The van der Waals surface area contributed by atoms with Crippen molar-refractivity contribution in [3.63, 3.8) is 0 Å². The maximum absolute atomic E-state index is 11.9. The number of hydrogen-bond donors (Lipinski definition) is 3. The maximum Gasteiger partial charge on any atom is 0.320 e. The Bertz CT molecular complexity index is 896. The first-order valence-corrected chi connectivity index (χ1v) is 9.45. The second-order valence-corrected chi connectivity index (χ2v) is 6.84. The fourth-order valence-electron chi connectivity index (χ4n) is 2.44. The molecule has 0 aliphatic rings. The molecule has 7 nitrogen and oxygen atoms in total. The van der Waals surface area contributed by atoms with Crippen LogP contribution in [0.2, 0.25) is 0 Å². The molecular formula is C18H21N5O2S. The Kier molecular flexibility index (Phi) is 6.08. The van der Waals surface area contributed by atoms with Crippen LogP contribution in [-0.4, -0.2) is 32.6 Å². The van der Waals surface area contributed by atoms with Crippen molar-refractivity contribution in [1.29, 1.82) is 0 Å². The lowest BCUT2D eigenvalue weighted by Gasteiger charge is -2.07. The van der Waals surface area contributed by atoms with E-state index in [-0.39, 0.29) is 12.6 Å². The molecule has 0 spiro atoms. The van der Waals surface area contributed by atoms with E-state index in [4.69, 9.17) is 0 Å². The summed E-state index contributed by atoms with van der Waals surface area (Å²) in [5.41, 5.74) is 2.69. The zero-order chi connectivity index (χ0) is 18.4. The summed E-state index contributed by atoms with van der Waals surface area (Å²) < 4.78 is 0. The van der Waals surface area contributed by atoms with Gasteiger partial charge in [0.05, 0.1) is 18.5 Å². The van der Waals surface area contributed by atoms with Gasteiger partial charge in [0, 0.05) is 22.4 Å². The molecular weight excluding hydrogens is 350 g/mol. The summed E-state index contributed by atoms with van der Waals surface area (Å²) >= 11 is 1.47. The Hall–Kier alpha value is -2.58. The summed E-state index contributed by atoms with van der Waals surface area (Å²) in [6.07, 6.45) is 4.84. The van der Waals surface area contributed by atoms with E-state index in [0.29, 0.717) is 29.2 Å². The smallest absolute Gasteiger partial charge is 0.320 e. The second kappa shape index (κ2) is 8.68. The number of fused-ring (bicyclic) bond motifs is 1. The van der Waals surface area contributed by atoms with Crippen LogP contribution in [0.3, 0.4) is 0 Å². The highest BCUT2D eigenvalue weighted by molar-refractivity contribution is 7.10. The molecule has 0 aromatic carbocycles. The Morgan fingerprint density at radius 2 is 2.15 bits per heavy atom. The standard InChI is InChI=1S/C18H21N5O2S/c1-2-3-4-7-19-18(25)23-16-6-5-14-17(22-16)21-15(9-20-14)12-8-13(10-24)26-11-12/h5-6,8-9,11,24H,2-4,7,10H2,1H3,(H2,19,21,22,23,25). The molecule has 0 unspecified atom stereocenters. The van der Waals surface area contributed by atoms with Gasteiger partial charge < -0.3 is 10.4 Å². The number of thiophene rings is 1. The molecule has 0 bridgehead atoms. The van der Waals surface area contributed by atoms with Gasteiger partial charge in [0.25, 0.3) is 0 Å². The first-order valence-electron chi connectivity index (χ1n) is 8.57. The number of carbonyl (C=O) groups is 1. The van der Waals surface area contributed by atoms with Crippen LogP contribution in [0.5, 0.6) is 0 Å². The van der Waals surface area contributed by atoms with Gasteiger partial charge in [-0.1, -0.05) is 19.8 Å². The van der Waals surface area contributed by atoms with E-state index < -0.39 is 0 Å². The second-order valence-electron chi connectivity index (χ2n) is 5.84. The number of urea groups is 1. The number of anilines is 1. The largest absolute Gasteiger partial charge is 0.391 e. The predicted molar refractivity (Wildman–Crippen MR) is 103 cm³/mol. The maximum atomic E-state index is 11.9. The number of aromatic nitrogens is 3. The molecule has 0 saturated heterocycles. The monoisotopic (exact) mass is 371 g/mol. The zero-order valence-corrected chi connectivity index (χ0v) is 15.3. The number of unbranched alkanes of at least 4 members (excludes halogenated alkanes) is 2. The predicted octanol–water partition coefficient (Wildman–Crippen LogP) is 3.56. The van der Waals surface area contributed by atoms with Crippen molar-refractivity contribution in [2.24, 2.45) is 0 Å². The molecule has 0 saturated carbocycles. The molecule has 0 aliphatic carbocycles. The van der Waals surface area contributed by atoms with Crippen LogP contribution in [0.15, 0.2) is 29.8 Å². The van der Waals surface area contributed by atoms with Crippen LogP contribution >= 0.6 is 11.3 Å². The van der Waals surface area contributed by atoms with Gasteiger partial charge in [-0.05, 0) is 24.6 Å². The molecule has 0 atom stereocenters. The molecule has 2 amide bonds. The molecule has 26 heavy (non-hydrogen) atoms. The normalized spacial score (nSPS) is 10.8. The van der Waals surface area contributed by atoms with Crippen LogP contribution in [0.4, 0.5) is 10.6 Å². The van der Waals surface area contributed by atoms with Gasteiger partial charge >= 0.3 is 6.03 Å². The average molecular weight is 371 g/mol. The molecule has 3 aromatic rings. The number of pyridine rings is 1. The van der Waals surface area contributed by atoms with Crippen molar-refractivity contribution in [3.05, 3.63) is 34.7 Å². The summed E-state index contributed by atoms with van der Waals surface area (Å²) in [5.74, 6) is 0.429. The van der Waals surface area contributed by atoms with Gasteiger partial charge in [-0.15, -0.1) is 11.3 Å².